The number of nitrogens with two attached hydrogens (primary N) is 1. The van der Waals surface area contributed by atoms with Gasteiger partial charge >= 0.3 is 5.97 Å². The van der Waals surface area contributed by atoms with Crippen LogP contribution < -0.4 is 5.73 Å². The molecule has 0 atom stereocenters. The maximum absolute atomic E-state index is 11.5. The summed E-state index contributed by atoms with van der Waals surface area (Å²) >= 11 is 5.99. The van der Waals surface area contributed by atoms with Crippen LogP contribution in [0.2, 0.25) is 5.02 Å². The molecule has 0 amide bonds. The van der Waals surface area contributed by atoms with Gasteiger partial charge in [0.15, 0.2) is 0 Å². The van der Waals surface area contributed by atoms with Gasteiger partial charge in [0, 0.05) is 11.1 Å². The highest BCUT2D eigenvalue weighted by Crippen LogP contribution is 2.27. The minimum atomic E-state index is -0.395. The molecule has 3 N–H and O–H groups in total. The topological polar surface area (TPSA) is 68.1 Å². The van der Waals surface area contributed by atoms with Crippen molar-refractivity contribution in [2.24, 2.45) is 0 Å². The summed E-state index contributed by atoms with van der Waals surface area (Å²) in [6, 6.07) is 5.06. The van der Waals surface area contributed by atoms with Crippen LogP contribution in [0, 0.1) is 0 Å². The summed E-state index contributed by atoms with van der Waals surface area (Å²) in [5.74, 6) is -0.395. The van der Waals surface area contributed by atoms with E-state index in [9.17, 15) is 4.79 Å². The Bertz CT molecular complexity index is 548. The molecule has 16 heavy (non-hydrogen) atoms. The van der Waals surface area contributed by atoms with E-state index < -0.39 is 5.97 Å². The van der Waals surface area contributed by atoms with Gasteiger partial charge in [-0.3, -0.25) is 0 Å². The highest BCUT2D eigenvalue weighted by molar-refractivity contribution is 6.35. The second-order valence-corrected chi connectivity index (χ2v) is 3.78. The van der Waals surface area contributed by atoms with E-state index in [4.69, 9.17) is 22.1 Å². The number of hydrogen-bond acceptors (Lipinski definition) is 3. The molecule has 0 unspecified atom stereocenters. The molecule has 0 saturated heterocycles. The Morgan fingerprint density at radius 1 is 1.50 bits per heavy atom. The lowest BCUT2D eigenvalue weighted by atomic mass is 10.2. The third-order valence-electron chi connectivity index (χ3n) is 2.20. The Morgan fingerprint density at radius 2 is 2.25 bits per heavy atom. The van der Waals surface area contributed by atoms with Gasteiger partial charge in [-0.1, -0.05) is 11.6 Å². The lowest BCUT2D eigenvalue weighted by molar-refractivity contribution is 0.0520. The van der Waals surface area contributed by atoms with Gasteiger partial charge in [-0.15, -0.1) is 0 Å². The number of nitrogen functional groups attached to an aromatic ring is 1. The maximum atomic E-state index is 11.5. The average Bonchev–Trinajstić information content (AvgIpc) is 2.62. The SMILES string of the molecule is CCOC(=O)c1cc2cc(N)cc(Cl)c2[nH]1. The van der Waals surface area contributed by atoms with E-state index in [1.165, 1.54) is 0 Å². The molecule has 2 rings (SSSR count). The van der Waals surface area contributed by atoms with Crippen LogP contribution in [0.25, 0.3) is 10.9 Å². The first kappa shape index (κ1) is 10.8. The lowest BCUT2D eigenvalue weighted by Crippen LogP contribution is -2.04. The number of anilines is 1. The molecule has 0 spiro atoms. The third-order valence-corrected chi connectivity index (χ3v) is 2.50. The second kappa shape index (κ2) is 4.06. The minimum Gasteiger partial charge on any atom is -0.461 e. The minimum absolute atomic E-state index is 0.337. The number of fused-ring (bicyclic) bond motifs is 1. The number of hydrogen-bond donors (Lipinski definition) is 2. The van der Waals surface area contributed by atoms with Gasteiger partial charge in [-0.2, -0.15) is 0 Å². The highest BCUT2D eigenvalue weighted by atomic mass is 35.5. The van der Waals surface area contributed by atoms with Crippen molar-refractivity contribution < 1.29 is 9.53 Å². The Labute approximate surface area is 97.3 Å². The van der Waals surface area contributed by atoms with E-state index >= 15 is 0 Å². The second-order valence-electron chi connectivity index (χ2n) is 3.37. The van der Waals surface area contributed by atoms with Gasteiger partial charge in [0.05, 0.1) is 17.1 Å². The molecule has 0 bridgehead atoms. The fraction of sp³-hybridized carbons (Fsp3) is 0.182. The molecular formula is C11H11ClN2O2. The molecule has 5 heteroatoms. The van der Waals surface area contributed by atoms with E-state index in [1.807, 2.05) is 0 Å². The van der Waals surface area contributed by atoms with E-state index in [-0.39, 0.29) is 0 Å². The Hall–Kier alpha value is -1.68. The summed E-state index contributed by atoms with van der Waals surface area (Å²) in [5, 5.41) is 1.29. The summed E-state index contributed by atoms with van der Waals surface area (Å²) in [6.45, 7) is 2.09. The third kappa shape index (κ3) is 1.84. The summed E-state index contributed by atoms with van der Waals surface area (Å²) in [4.78, 5) is 14.4. The average molecular weight is 239 g/mol. The summed E-state index contributed by atoms with van der Waals surface area (Å²) < 4.78 is 4.88. The first-order chi connectivity index (χ1) is 7.61. The van der Waals surface area contributed by atoms with E-state index in [0.717, 1.165) is 5.39 Å². The number of esters is 1. The van der Waals surface area contributed by atoms with Gasteiger partial charge in [-0.25, -0.2) is 4.79 Å². The van der Waals surface area contributed by atoms with Crippen LogP contribution in [-0.4, -0.2) is 17.6 Å². The van der Waals surface area contributed by atoms with Gasteiger partial charge in [-0.05, 0) is 25.1 Å². The Morgan fingerprint density at radius 3 is 2.94 bits per heavy atom. The molecular weight excluding hydrogens is 228 g/mol. The zero-order valence-corrected chi connectivity index (χ0v) is 9.47. The molecule has 0 aliphatic heterocycles. The molecule has 1 heterocycles. The lowest BCUT2D eigenvalue weighted by Gasteiger charge is -1.97. The van der Waals surface area contributed by atoms with E-state index in [0.29, 0.717) is 28.5 Å². The molecule has 0 radical (unpaired) electrons. The summed E-state index contributed by atoms with van der Waals surface area (Å²) in [6.07, 6.45) is 0. The molecule has 0 fully saturated rings. The predicted molar refractivity (Wildman–Crippen MR) is 63.7 cm³/mol. The van der Waals surface area contributed by atoms with Crippen molar-refractivity contribution in [3.63, 3.8) is 0 Å². The van der Waals surface area contributed by atoms with Crippen LogP contribution >= 0.6 is 11.6 Å². The molecule has 0 saturated carbocycles. The molecule has 4 nitrogen and oxygen atoms in total. The van der Waals surface area contributed by atoms with Crippen LogP contribution in [0.1, 0.15) is 17.4 Å². The van der Waals surface area contributed by atoms with Crippen molar-refractivity contribution in [2.45, 2.75) is 6.92 Å². The van der Waals surface area contributed by atoms with Crippen molar-refractivity contribution in [1.29, 1.82) is 0 Å². The van der Waals surface area contributed by atoms with Gasteiger partial charge in [0.1, 0.15) is 5.69 Å². The number of carbonyl (C=O) groups is 1. The number of carbonyl (C=O) groups excluding carboxylic acids is 1. The first-order valence-electron chi connectivity index (χ1n) is 4.86. The first-order valence-corrected chi connectivity index (χ1v) is 5.24. The standard InChI is InChI=1S/C11H11ClN2O2/c1-2-16-11(15)9-4-6-3-7(13)5-8(12)10(6)14-9/h3-5,14H,2,13H2,1H3. The smallest absolute Gasteiger partial charge is 0.354 e. The normalized spacial score (nSPS) is 10.6. The van der Waals surface area contributed by atoms with Crippen molar-refractivity contribution in [3.8, 4) is 0 Å². The molecule has 0 aliphatic rings. The summed E-state index contributed by atoms with van der Waals surface area (Å²) in [7, 11) is 0. The van der Waals surface area contributed by atoms with Gasteiger partial charge in [0.2, 0.25) is 0 Å². The quantitative estimate of drug-likeness (QED) is 0.624. The van der Waals surface area contributed by atoms with Crippen LogP contribution in [0.4, 0.5) is 5.69 Å². The van der Waals surface area contributed by atoms with Gasteiger partial charge in [0.25, 0.3) is 0 Å². The van der Waals surface area contributed by atoms with Gasteiger partial charge < -0.3 is 15.5 Å². The van der Waals surface area contributed by atoms with E-state index in [2.05, 4.69) is 4.98 Å². The number of aromatic nitrogens is 1. The Balaban J connectivity index is 2.51. The highest BCUT2D eigenvalue weighted by Gasteiger charge is 2.12. The molecule has 1 aromatic heterocycles. The Kier molecular flexibility index (Phi) is 2.75. The van der Waals surface area contributed by atoms with Crippen LogP contribution in [0.15, 0.2) is 18.2 Å². The fourth-order valence-electron chi connectivity index (χ4n) is 1.54. The number of H-pyrrole nitrogens is 1. The van der Waals surface area contributed by atoms with Crippen LogP contribution in [-0.2, 0) is 4.74 Å². The number of nitrogens with one attached hydrogen (secondary N) is 1. The summed E-state index contributed by atoms with van der Waals surface area (Å²) in [5.41, 5.74) is 7.29. The van der Waals surface area contributed by atoms with E-state index in [1.54, 1.807) is 25.1 Å². The van der Waals surface area contributed by atoms with Crippen molar-refractivity contribution in [1.82, 2.24) is 4.98 Å². The molecule has 84 valence electrons. The molecule has 1 aromatic carbocycles. The zero-order chi connectivity index (χ0) is 11.7. The number of rotatable bonds is 2. The number of halogens is 1. The van der Waals surface area contributed by atoms with Crippen LogP contribution in [0.5, 0.6) is 0 Å². The molecule has 0 aliphatic carbocycles. The maximum Gasteiger partial charge on any atom is 0.354 e. The van der Waals surface area contributed by atoms with Crippen molar-refractivity contribution in [2.75, 3.05) is 12.3 Å². The predicted octanol–water partition coefficient (Wildman–Crippen LogP) is 2.58. The zero-order valence-electron chi connectivity index (χ0n) is 8.71. The number of aromatic amines is 1. The van der Waals surface area contributed by atoms with Crippen molar-refractivity contribution >= 4 is 34.2 Å². The van der Waals surface area contributed by atoms with Crippen molar-refractivity contribution in [3.05, 3.63) is 28.9 Å². The number of ether oxygens (including phenoxy) is 1. The van der Waals surface area contributed by atoms with Crippen LogP contribution in [0.3, 0.4) is 0 Å². The fourth-order valence-corrected chi connectivity index (χ4v) is 1.82. The largest absolute Gasteiger partial charge is 0.461 e. The monoisotopic (exact) mass is 238 g/mol. The number of benzene rings is 1. The molecule has 2 aromatic rings.